The molecule has 3 aromatic heterocycles. The van der Waals surface area contributed by atoms with Crippen LogP contribution in [0.3, 0.4) is 0 Å². The summed E-state index contributed by atoms with van der Waals surface area (Å²) in [6.07, 6.45) is 3.78. The zero-order chi connectivity index (χ0) is 11.1. The van der Waals surface area contributed by atoms with Crippen LogP contribution in [-0.4, -0.2) is 9.38 Å². The van der Waals surface area contributed by atoms with E-state index in [9.17, 15) is 0 Å². The summed E-state index contributed by atoms with van der Waals surface area (Å²) >= 11 is 5.11. The van der Waals surface area contributed by atoms with Crippen LogP contribution in [0.4, 0.5) is 5.69 Å². The summed E-state index contributed by atoms with van der Waals surface area (Å²) in [5.41, 5.74) is 7.58. The van der Waals surface area contributed by atoms with E-state index in [1.807, 2.05) is 34.9 Å². The molecule has 0 saturated heterocycles. The van der Waals surface area contributed by atoms with Crippen molar-refractivity contribution in [3.8, 4) is 10.7 Å². The van der Waals surface area contributed by atoms with E-state index in [-0.39, 0.29) is 0 Å². The Hall–Kier alpha value is -1.33. The van der Waals surface area contributed by atoms with E-state index < -0.39 is 0 Å². The van der Waals surface area contributed by atoms with Gasteiger partial charge in [-0.2, -0.15) is 0 Å². The van der Waals surface area contributed by atoms with Crippen LogP contribution in [0.25, 0.3) is 16.2 Å². The predicted octanol–water partition coefficient (Wildman–Crippen LogP) is 3.41. The molecule has 3 heterocycles. The predicted molar refractivity (Wildman–Crippen MR) is 70.6 cm³/mol. The minimum atomic E-state index is 0.747. The van der Waals surface area contributed by atoms with Gasteiger partial charge in [-0.05, 0) is 40.2 Å². The van der Waals surface area contributed by atoms with Crippen LogP contribution in [0.5, 0.6) is 0 Å². The number of anilines is 1. The third kappa shape index (κ3) is 1.44. The smallest absolute Gasteiger partial charge is 0.154 e. The van der Waals surface area contributed by atoms with E-state index in [0.717, 1.165) is 25.7 Å². The number of nitrogens with two attached hydrogens (primary N) is 1. The minimum Gasteiger partial charge on any atom is -0.397 e. The molecule has 0 radical (unpaired) electrons. The lowest BCUT2D eigenvalue weighted by Gasteiger charge is -2.00. The molecule has 0 aromatic carbocycles. The number of rotatable bonds is 1. The summed E-state index contributed by atoms with van der Waals surface area (Å²) in [5, 5.41) is 0. The van der Waals surface area contributed by atoms with Crippen molar-refractivity contribution in [1.82, 2.24) is 9.38 Å². The highest BCUT2D eigenvalue weighted by Crippen LogP contribution is 2.31. The molecule has 16 heavy (non-hydrogen) atoms. The van der Waals surface area contributed by atoms with Crippen LogP contribution in [0.1, 0.15) is 0 Å². The lowest BCUT2D eigenvalue weighted by atomic mass is 10.3. The summed E-state index contributed by atoms with van der Waals surface area (Å²) in [5.74, 6) is 0.929. The van der Waals surface area contributed by atoms with Gasteiger partial charge in [-0.1, -0.05) is 0 Å². The molecule has 3 rings (SSSR count). The highest BCUT2D eigenvalue weighted by atomic mass is 79.9. The lowest BCUT2D eigenvalue weighted by Crippen LogP contribution is -1.91. The normalized spacial score (nSPS) is 11.1. The Labute approximate surface area is 105 Å². The van der Waals surface area contributed by atoms with E-state index in [1.165, 1.54) is 0 Å². The Morgan fingerprint density at radius 1 is 1.31 bits per heavy atom. The average Bonchev–Trinajstić information content (AvgIpc) is 2.84. The van der Waals surface area contributed by atoms with Gasteiger partial charge in [0, 0.05) is 6.20 Å². The standard InChI is InChI=1S/C11H8BrN3S/c12-10-4-3-9(16-10)11-14-6-8-7(13)2-1-5-15(8)11/h1-6H,13H2. The summed E-state index contributed by atoms with van der Waals surface area (Å²) in [4.78, 5) is 5.53. The second-order valence-corrected chi connectivity index (χ2v) is 5.87. The van der Waals surface area contributed by atoms with Crippen molar-refractivity contribution in [3.63, 3.8) is 0 Å². The van der Waals surface area contributed by atoms with Crippen LogP contribution < -0.4 is 5.73 Å². The van der Waals surface area contributed by atoms with Gasteiger partial charge in [0.15, 0.2) is 5.82 Å². The molecule has 0 aliphatic rings. The van der Waals surface area contributed by atoms with Crippen LogP contribution in [0, 0.1) is 0 Å². The van der Waals surface area contributed by atoms with Crippen molar-refractivity contribution in [2.45, 2.75) is 0 Å². The molecule has 3 nitrogen and oxygen atoms in total. The number of thiophene rings is 1. The molecule has 0 saturated carbocycles. The second-order valence-electron chi connectivity index (χ2n) is 3.40. The molecule has 5 heteroatoms. The van der Waals surface area contributed by atoms with Gasteiger partial charge in [-0.15, -0.1) is 11.3 Å². The number of hydrogen-bond acceptors (Lipinski definition) is 3. The first-order valence-corrected chi connectivity index (χ1v) is 6.34. The van der Waals surface area contributed by atoms with E-state index >= 15 is 0 Å². The van der Waals surface area contributed by atoms with Gasteiger partial charge in [-0.25, -0.2) is 4.98 Å². The molecule has 2 N–H and O–H groups in total. The third-order valence-electron chi connectivity index (χ3n) is 2.40. The average molecular weight is 294 g/mol. The van der Waals surface area contributed by atoms with Gasteiger partial charge < -0.3 is 5.73 Å². The number of nitrogens with zero attached hydrogens (tertiary/aromatic N) is 2. The summed E-state index contributed by atoms with van der Waals surface area (Å²) < 4.78 is 3.11. The van der Waals surface area contributed by atoms with Crippen molar-refractivity contribution < 1.29 is 0 Å². The number of fused-ring (bicyclic) bond motifs is 1. The van der Waals surface area contributed by atoms with E-state index in [0.29, 0.717) is 0 Å². The first-order valence-electron chi connectivity index (χ1n) is 4.73. The molecule has 0 spiro atoms. The Kier molecular flexibility index (Phi) is 2.22. The molecule has 0 unspecified atom stereocenters. The molecule has 0 bridgehead atoms. The zero-order valence-corrected chi connectivity index (χ0v) is 10.6. The van der Waals surface area contributed by atoms with Crippen LogP contribution in [0.15, 0.2) is 40.4 Å². The van der Waals surface area contributed by atoms with E-state index in [4.69, 9.17) is 5.73 Å². The van der Waals surface area contributed by atoms with Gasteiger partial charge in [0.05, 0.1) is 26.1 Å². The molecule has 0 fully saturated rings. The van der Waals surface area contributed by atoms with Gasteiger partial charge in [0.2, 0.25) is 0 Å². The molecule has 0 atom stereocenters. The summed E-state index contributed by atoms with van der Waals surface area (Å²) in [7, 11) is 0. The first-order chi connectivity index (χ1) is 7.75. The molecule has 0 aliphatic carbocycles. The maximum Gasteiger partial charge on any atom is 0.154 e. The lowest BCUT2D eigenvalue weighted by molar-refractivity contribution is 1.17. The van der Waals surface area contributed by atoms with Crippen molar-refractivity contribution in [3.05, 3.63) is 40.4 Å². The Bertz CT molecular complexity index is 656. The molecule has 0 amide bonds. The van der Waals surface area contributed by atoms with E-state index in [2.05, 4.69) is 20.9 Å². The minimum absolute atomic E-state index is 0.747. The monoisotopic (exact) mass is 293 g/mol. The largest absolute Gasteiger partial charge is 0.397 e. The highest BCUT2D eigenvalue weighted by Gasteiger charge is 2.09. The van der Waals surface area contributed by atoms with Gasteiger partial charge in [0.1, 0.15) is 0 Å². The molecule has 0 aliphatic heterocycles. The number of hydrogen-bond donors (Lipinski definition) is 1. The van der Waals surface area contributed by atoms with Crippen molar-refractivity contribution in [1.29, 1.82) is 0 Å². The van der Waals surface area contributed by atoms with Crippen LogP contribution in [0.2, 0.25) is 0 Å². The maximum absolute atomic E-state index is 5.89. The Balaban J connectivity index is 2.29. The SMILES string of the molecule is Nc1cccn2c(-c3ccc(Br)s3)ncc12. The molecular weight excluding hydrogens is 286 g/mol. The third-order valence-corrected chi connectivity index (χ3v) is 4.02. The fourth-order valence-corrected chi connectivity index (χ4v) is 3.04. The zero-order valence-electron chi connectivity index (χ0n) is 8.22. The topological polar surface area (TPSA) is 43.3 Å². The highest BCUT2D eigenvalue weighted by molar-refractivity contribution is 9.11. The number of pyridine rings is 1. The fraction of sp³-hybridized carbons (Fsp3) is 0. The summed E-state index contributed by atoms with van der Waals surface area (Å²) in [6.45, 7) is 0. The second kappa shape index (κ2) is 3.61. The number of imidazole rings is 1. The molecule has 80 valence electrons. The molecule has 3 aromatic rings. The van der Waals surface area contributed by atoms with Gasteiger partial charge >= 0.3 is 0 Å². The molecular formula is C11H8BrN3S. The number of aromatic nitrogens is 2. The fourth-order valence-electron chi connectivity index (χ4n) is 1.66. The Morgan fingerprint density at radius 3 is 2.94 bits per heavy atom. The van der Waals surface area contributed by atoms with Crippen LogP contribution in [-0.2, 0) is 0 Å². The van der Waals surface area contributed by atoms with Crippen molar-refractivity contribution in [2.24, 2.45) is 0 Å². The summed E-state index contributed by atoms with van der Waals surface area (Å²) in [6, 6.07) is 7.88. The van der Waals surface area contributed by atoms with Gasteiger partial charge in [0.25, 0.3) is 0 Å². The van der Waals surface area contributed by atoms with Crippen LogP contribution >= 0.6 is 27.3 Å². The van der Waals surface area contributed by atoms with Crippen molar-refractivity contribution >= 4 is 38.5 Å². The maximum atomic E-state index is 5.89. The number of nitrogen functional groups attached to an aromatic ring is 1. The quantitative estimate of drug-likeness (QED) is 0.747. The first kappa shape index (κ1) is 9.86. The Morgan fingerprint density at radius 2 is 2.19 bits per heavy atom. The number of halogens is 1. The van der Waals surface area contributed by atoms with E-state index in [1.54, 1.807) is 17.5 Å². The van der Waals surface area contributed by atoms with Gasteiger partial charge in [-0.3, -0.25) is 4.40 Å². The van der Waals surface area contributed by atoms with Crippen molar-refractivity contribution in [2.75, 3.05) is 5.73 Å².